The third-order valence-electron chi connectivity index (χ3n) is 6.44. The number of carboxylic acids is 1. The van der Waals surface area contributed by atoms with E-state index in [0.29, 0.717) is 44.7 Å². The number of nitrogens with two attached hydrogens (primary N) is 1. The molecule has 2 rings (SSSR count). The summed E-state index contributed by atoms with van der Waals surface area (Å²) in [6.45, 7) is 4.83. The van der Waals surface area contributed by atoms with Crippen LogP contribution in [-0.2, 0) is 9.59 Å². The number of aliphatic carboxylic acids is 1. The average molecular weight is 461 g/mol. The average Bonchev–Trinajstić information content (AvgIpc) is 2.80. The number of nitrogens with one attached hydrogen (secondary N) is 2. The first-order chi connectivity index (χ1) is 15.9. The maximum absolute atomic E-state index is 13.6. The van der Waals surface area contributed by atoms with Gasteiger partial charge in [-0.3, -0.25) is 4.79 Å². The van der Waals surface area contributed by atoms with Gasteiger partial charge in [0.1, 0.15) is 12.1 Å². The molecule has 0 radical (unpaired) electrons. The SMILES string of the molecule is CCN(C(=O)[C@@H](CC1CCCCC1)NC(=O)NC(CCCCN)C(=O)O)c1ccccc1C. The third-order valence-corrected chi connectivity index (χ3v) is 6.44. The third kappa shape index (κ3) is 8.35. The number of urea groups is 1. The van der Waals surface area contributed by atoms with E-state index in [2.05, 4.69) is 10.6 Å². The van der Waals surface area contributed by atoms with Crippen molar-refractivity contribution in [1.29, 1.82) is 0 Å². The zero-order chi connectivity index (χ0) is 24.2. The molecule has 1 aliphatic carbocycles. The van der Waals surface area contributed by atoms with Gasteiger partial charge in [0.15, 0.2) is 0 Å². The van der Waals surface area contributed by atoms with E-state index in [0.717, 1.165) is 36.9 Å². The summed E-state index contributed by atoms with van der Waals surface area (Å²) in [7, 11) is 0. The summed E-state index contributed by atoms with van der Waals surface area (Å²) >= 11 is 0. The fourth-order valence-corrected chi connectivity index (χ4v) is 4.59. The number of amides is 3. The van der Waals surface area contributed by atoms with Crippen LogP contribution < -0.4 is 21.3 Å². The molecule has 2 atom stereocenters. The monoisotopic (exact) mass is 460 g/mol. The van der Waals surface area contributed by atoms with Gasteiger partial charge in [-0.25, -0.2) is 9.59 Å². The lowest BCUT2D eigenvalue weighted by molar-refractivity contribution is -0.139. The zero-order valence-corrected chi connectivity index (χ0v) is 20.0. The summed E-state index contributed by atoms with van der Waals surface area (Å²) < 4.78 is 0. The second-order valence-electron chi connectivity index (χ2n) is 8.95. The molecule has 184 valence electrons. The molecule has 8 heteroatoms. The number of aryl methyl sites for hydroxylation is 1. The quantitative estimate of drug-likeness (QED) is 0.355. The van der Waals surface area contributed by atoms with Gasteiger partial charge < -0.3 is 26.4 Å². The molecule has 33 heavy (non-hydrogen) atoms. The maximum atomic E-state index is 13.6. The molecule has 0 saturated heterocycles. The topological polar surface area (TPSA) is 125 Å². The fourth-order valence-electron chi connectivity index (χ4n) is 4.59. The first-order valence-corrected chi connectivity index (χ1v) is 12.2. The van der Waals surface area contributed by atoms with E-state index in [1.807, 2.05) is 38.1 Å². The van der Waals surface area contributed by atoms with Crippen LogP contribution in [0.4, 0.5) is 10.5 Å². The number of unbranched alkanes of at least 4 members (excludes halogenated alkanes) is 1. The molecule has 0 aliphatic heterocycles. The minimum Gasteiger partial charge on any atom is -0.480 e. The molecule has 1 aromatic carbocycles. The molecule has 3 amide bonds. The maximum Gasteiger partial charge on any atom is 0.326 e. The van der Waals surface area contributed by atoms with Crippen molar-refractivity contribution in [3.63, 3.8) is 0 Å². The Kier molecular flexibility index (Phi) is 11.2. The van der Waals surface area contributed by atoms with Crippen LogP contribution in [-0.4, -0.2) is 48.2 Å². The second-order valence-corrected chi connectivity index (χ2v) is 8.95. The van der Waals surface area contributed by atoms with Crippen molar-refractivity contribution in [1.82, 2.24) is 10.6 Å². The van der Waals surface area contributed by atoms with Crippen LogP contribution in [0.25, 0.3) is 0 Å². The highest BCUT2D eigenvalue weighted by Gasteiger charge is 2.31. The number of anilines is 1. The first kappa shape index (κ1) is 26.6. The summed E-state index contributed by atoms with van der Waals surface area (Å²) in [5.74, 6) is -0.890. The van der Waals surface area contributed by atoms with Gasteiger partial charge in [-0.2, -0.15) is 0 Å². The number of rotatable bonds is 12. The molecule has 5 N–H and O–H groups in total. The Morgan fingerprint density at radius 1 is 1.09 bits per heavy atom. The number of likely N-dealkylation sites (N-methyl/N-ethyl adjacent to an activating group) is 1. The van der Waals surface area contributed by atoms with Gasteiger partial charge in [0.05, 0.1) is 0 Å². The highest BCUT2D eigenvalue weighted by atomic mass is 16.4. The Morgan fingerprint density at radius 3 is 2.36 bits per heavy atom. The Labute approximate surface area is 197 Å². The van der Waals surface area contributed by atoms with Gasteiger partial charge in [0.25, 0.3) is 0 Å². The van der Waals surface area contributed by atoms with Crippen molar-refractivity contribution in [2.75, 3.05) is 18.0 Å². The first-order valence-electron chi connectivity index (χ1n) is 12.2. The Hall–Kier alpha value is -2.61. The number of nitrogens with zero attached hydrogens (tertiary/aromatic N) is 1. The highest BCUT2D eigenvalue weighted by molar-refractivity contribution is 5.99. The van der Waals surface area contributed by atoms with Crippen LogP contribution in [0.5, 0.6) is 0 Å². The predicted molar refractivity (Wildman–Crippen MR) is 130 cm³/mol. The summed E-state index contributed by atoms with van der Waals surface area (Å²) in [6, 6.07) is 5.34. The summed E-state index contributed by atoms with van der Waals surface area (Å²) in [6.07, 6.45) is 7.71. The summed E-state index contributed by atoms with van der Waals surface area (Å²) in [4.78, 5) is 39.7. The molecule has 1 fully saturated rings. The molecule has 1 saturated carbocycles. The summed E-state index contributed by atoms with van der Waals surface area (Å²) in [5.41, 5.74) is 7.30. The van der Waals surface area contributed by atoms with Crippen molar-refractivity contribution < 1.29 is 19.5 Å². The molecule has 1 aliphatic rings. The standard InChI is InChI=1S/C25H40N4O4/c1-3-29(22-15-8-7-11-18(22)2)23(30)21(17-19-12-5-4-6-13-19)28-25(33)27-20(24(31)32)14-9-10-16-26/h7-8,11,15,19-21H,3-6,9-10,12-14,16-17,26H2,1-2H3,(H,31,32)(H2,27,28,33)/t20?,21-/m1/s1. The van der Waals surface area contributed by atoms with Gasteiger partial charge in [0.2, 0.25) is 5.91 Å². The predicted octanol–water partition coefficient (Wildman–Crippen LogP) is 3.57. The van der Waals surface area contributed by atoms with E-state index >= 15 is 0 Å². The number of carboxylic acid groups (broad SMARTS) is 1. The van der Waals surface area contributed by atoms with E-state index in [1.54, 1.807) is 4.90 Å². The van der Waals surface area contributed by atoms with Gasteiger partial charge >= 0.3 is 12.0 Å². The minimum absolute atomic E-state index is 0.164. The van der Waals surface area contributed by atoms with Crippen LogP contribution in [0.2, 0.25) is 0 Å². The summed E-state index contributed by atoms with van der Waals surface area (Å²) in [5, 5.41) is 14.8. The molecular weight excluding hydrogens is 420 g/mol. The smallest absolute Gasteiger partial charge is 0.326 e. The number of carbonyl (C=O) groups excluding carboxylic acids is 2. The molecular formula is C25H40N4O4. The zero-order valence-electron chi connectivity index (χ0n) is 20.0. The van der Waals surface area contributed by atoms with Crippen LogP contribution in [0.3, 0.4) is 0 Å². The Bertz CT molecular complexity index is 779. The molecule has 0 aromatic heterocycles. The Morgan fingerprint density at radius 2 is 1.76 bits per heavy atom. The van der Waals surface area contributed by atoms with Gasteiger partial charge in [-0.1, -0.05) is 50.3 Å². The number of para-hydroxylation sites is 1. The molecule has 0 bridgehead atoms. The van der Waals surface area contributed by atoms with Crippen LogP contribution in [0.15, 0.2) is 24.3 Å². The van der Waals surface area contributed by atoms with E-state index < -0.39 is 24.1 Å². The van der Waals surface area contributed by atoms with Crippen LogP contribution >= 0.6 is 0 Å². The van der Waals surface area contributed by atoms with Crippen LogP contribution in [0, 0.1) is 12.8 Å². The lowest BCUT2D eigenvalue weighted by atomic mass is 9.84. The molecule has 1 aromatic rings. The van der Waals surface area contributed by atoms with Gasteiger partial charge in [-0.05, 0) is 63.6 Å². The largest absolute Gasteiger partial charge is 0.480 e. The number of benzene rings is 1. The van der Waals surface area contributed by atoms with Crippen molar-refractivity contribution in [3.8, 4) is 0 Å². The van der Waals surface area contributed by atoms with E-state index in [4.69, 9.17) is 5.73 Å². The molecule has 8 nitrogen and oxygen atoms in total. The molecule has 1 unspecified atom stereocenters. The highest BCUT2D eigenvalue weighted by Crippen LogP contribution is 2.29. The molecule has 0 spiro atoms. The van der Waals surface area contributed by atoms with Crippen LogP contribution in [0.1, 0.15) is 70.3 Å². The number of hydrogen-bond donors (Lipinski definition) is 4. The van der Waals surface area contributed by atoms with Crippen molar-refractivity contribution in [2.45, 2.75) is 83.7 Å². The van der Waals surface area contributed by atoms with Gasteiger partial charge in [-0.15, -0.1) is 0 Å². The lowest BCUT2D eigenvalue weighted by Crippen LogP contribution is -2.54. The lowest BCUT2D eigenvalue weighted by Gasteiger charge is -2.31. The molecule has 0 heterocycles. The minimum atomic E-state index is -1.09. The number of carbonyl (C=O) groups is 3. The second kappa shape index (κ2) is 13.8. The number of hydrogen-bond acceptors (Lipinski definition) is 4. The fraction of sp³-hybridized carbons (Fsp3) is 0.640. The van der Waals surface area contributed by atoms with E-state index in [1.165, 1.54) is 6.42 Å². The van der Waals surface area contributed by atoms with E-state index in [-0.39, 0.29) is 5.91 Å². The van der Waals surface area contributed by atoms with E-state index in [9.17, 15) is 19.5 Å². The van der Waals surface area contributed by atoms with Crippen molar-refractivity contribution in [2.24, 2.45) is 11.7 Å². The van der Waals surface area contributed by atoms with Crippen molar-refractivity contribution in [3.05, 3.63) is 29.8 Å². The van der Waals surface area contributed by atoms with Gasteiger partial charge in [0, 0.05) is 12.2 Å². The normalized spacial score (nSPS) is 16.0. The van der Waals surface area contributed by atoms with Crippen molar-refractivity contribution >= 4 is 23.6 Å². The Balaban J connectivity index is 2.16.